The zero-order valence-electron chi connectivity index (χ0n) is 8.85. The van der Waals surface area contributed by atoms with Crippen molar-refractivity contribution < 1.29 is 18.3 Å². The molecule has 1 saturated carbocycles. The number of aliphatic carboxylic acids is 1. The standard InChI is InChI=1S/C9H17NO4S/c1-2-10(7-9(11)12)15(13,14)8-5-3-4-6-8/h8H,2-7H2,1H3,(H,11,12). The number of hydrogen-bond acceptors (Lipinski definition) is 3. The van der Waals surface area contributed by atoms with Crippen LogP contribution in [0.3, 0.4) is 0 Å². The molecule has 1 aliphatic carbocycles. The summed E-state index contributed by atoms with van der Waals surface area (Å²) >= 11 is 0. The first-order chi connectivity index (χ1) is 6.98. The number of carbonyl (C=O) groups is 1. The SMILES string of the molecule is CCN(CC(=O)O)S(=O)(=O)C1CCCC1. The van der Waals surface area contributed by atoms with Crippen molar-refractivity contribution in [1.82, 2.24) is 4.31 Å². The molecule has 0 unspecified atom stereocenters. The molecule has 5 nitrogen and oxygen atoms in total. The third-order valence-corrected chi connectivity index (χ3v) is 5.17. The summed E-state index contributed by atoms with van der Waals surface area (Å²) in [6.45, 7) is 1.47. The largest absolute Gasteiger partial charge is 0.480 e. The Balaban J connectivity index is 2.76. The van der Waals surface area contributed by atoms with Crippen LogP contribution in [0.25, 0.3) is 0 Å². The average Bonchev–Trinajstić information content (AvgIpc) is 2.66. The fraction of sp³-hybridized carbons (Fsp3) is 0.889. The van der Waals surface area contributed by atoms with Gasteiger partial charge >= 0.3 is 5.97 Å². The van der Waals surface area contributed by atoms with Crippen molar-refractivity contribution in [2.45, 2.75) is 37.9 Å². The smallest absolute Gasteiger partial charge is 0.318 e. The number of carboxylic acid groups (broad SMARTS) is 1. The summed E-state index contributed by atoms with van der Waals surface area (Å²) in [4.78, 5) is 10.5. The van der Waals surface area contributed by atoms with Gasteiger partial charge in [0.1, 0.15) is 6.54 Å². The van der Waals surface area contributed by atoms with Crippen molar-refractivity contribution in [1.29, 1.82) is 0 Å². The molecular formula is C9H17NO4S. The van der Waals surface area contributed by atoms with Gasteiger partial charge in [-0.2, -0.15) is 4.31 Å². The van der Waals surface area contributed by atoms with Crippen LogP contribution in [0, 0.1) is 0 Å². The number of hydrogen-bond donors (Lipinski definition) is 1. The van der Waals surface area contributed by atoms with Gasteiger partial charge in [-0.3, -0.25) is 4.79 Å². The second kappa shape index (κ2) is 4.94. The van der Waals surface area contributed by atoms with E-state index in [-0.39, 0.29) is 11.8 Å². The third-order valence-electron chi connectivity index (χ3n) is 2.75. The fourth-order valence-corrected chi connectivity index (χ4v) is 3.93. The zero-order valence-corrected chi connectivity index (χ0v) is 9.66. The average molecular weight is 235 g/mol. The van der Waals surface area contributed by atoms with Gasteiger partial charge in [0.25, 0.3) is 0 Å². The highest BCUT2D eigenvalue weighted by atomic mass is 32.2. The van der Waals surface area contributed by atoms with Gasteiger partial charge in [0.2, 0.25) is 10.0 Å². The molecule has 0 amide bonds. The van der Waals surface area contributed by atoms with Crippen LogP contribution in [-0.2, 0) is 14.8 Å². The van der Waals surface area contributed by atoms with Crippen LogP contribution in [-0.4, -0.2) is 42.1 Å². The highest BCUT2D eigenvalue weighted by molar-refractivity contribution is 7.89. The van der Waals surface area contributed by atoms with E-state index in [4.69, 9.17) is 5.11 Å². The van der Waals surface area contributed by atoms with Crippen molar-refractivity contribution in [3.8, 4) is 0 Å². The predicted molar refractivity (Wildman–Crippen MR) is 56.1 cm³/mol. The summed E-state index contributed by atoms with van der Waals surface area (Å²) in [6, 6.07) is 0. The predicted octanol–water partition coefficient (Wildman–Crippen LogP) is 0.665. The lowest BCUT2D eigenvalue weighted by molar-refractivity contribution is -0.137. The summed E-state index contributed by atoms with van der Waals surface area (Å²) < 4.78 is 25.0. The van der Waals surface area contributed by atoms with Gasteiger partial charge in [-0.1, -0.05) is 19.8 Å². The van der Waals surface area contributed by atoms with Gasteiger partial charge in [0.05, 0.1) is 5.25 Å². The maximum atomic E-state index is 12.0. The van der Waals surface area contributed by atoms with Crippen molar-refractivity contribution in [2.24, 2.45) is 0 Å². The minimum Gasteiger partial charge on any atom is -0.480 e. The molecule has 0 bridgehead atoms. The maximum absolute atomic E-state index is 12.0. The van der Waals surface area contributed by atoms with Crippen molar-refractivity contribution >= 4 is 16.0 Å². The van der Waals surface area contributed by atoms with E-state index >= 15 is 0 Å². The Labute approximate surface area is 90.1 Å². The van der Waals surface area contributed by atoms with E-state index in [1.54, 1.807) is 6.92 Å². The normalized spacial score (nSPS) is 18.5. The molecule has 0 aromatic rings. The number of carboxylic acids is 1. The molecular weight excluding hydrogens is 218 g/mol. The van der Waals surface area contributed by atoms with Crippen LogP contribution in [0.4, 0.5) is 0 Å². The van der Waals surface area contributed by atoms with Crippen LogP contribution >= 0.6 is 0 Å². The molecule has 0 aromatic heterocycles. The van der Waals surface area contributed by atoms with Crippen LogP contribution in [0.1, 0.15) is 32.6 Å². The Morgan fingerprint density at radius 3 is 2.33 bits per heavy atom. The summed E-state index contributed by atoms with van der Waals surface area (Å²) in [7, 11) is -3.39. The topological polar surface area (TPSA) is 74.7 Å². The summed E-state index contributed by atoms with van der Waals surface area (Å²) in [5.41, 5.74) is 0. The molecule has 0 aromatic carbocycles. The van der Waals surface area contributed by atoms with Crippen molar-refractivity contribution in [3.63, 3.8) is 0 Å². The summed E-state index contributed by atoms with van der Waals surface area (Å²) in [5, 5.41) is 8.25. The molecule has 0 atom stereocenters. The van der Waals surface area contributed by atoms with E-state index in [2.05, 4.69) is 0 Å². The molecule has 1 rings (SSSR count). The van der Waals surface area contributed by atoms with Crippen LogP contribution in [0.2, 0.25) is 0 Å². The van der Waals surface area contributed by atoms with E-state index in [0.29, 0.717) is 12.8 Å². The van der Waals surface area contributed by atoms with Crippen LogP contribution < -0.4 is 0 Å². The van der Waals surface area contributed by atoms with Gasteiger partial charge in [0.15, 0.2) is 0 Å². The molecule has 0 radical (unpaired) electrons. The maximum Gasteiger partial charge on any atom is 0.318 e. The molecule has 0 aliphatic heterocycles. The monoisotopic (exact) mass is 235 g/mol. The number of likely N-dealkylation sites (N-methyl/N-ethyl adjacent to an activating group) is 1. The van der Waals surface area contributed by atoms with E-state index in [1.807, 2.05) is 0 Å². The van der Waals surface area contributed by atoms with E-state index in [0.717, 1.165) is 17.1 Å². The molecule has 0 spiro atoms. The number of nitrogens with zero attached hydrogens (tertiary/aromatic N) is 1. The van der Waals surface area contributed by atoms with E-state index in [1.165, 1.54) is 0 Å². The van der Waals surface area contributed by atoms with Gasteiger partial charge in [0, 0.05) is 6.54 Å². The van der Waals surface area contributed by atoms with Gasteiger partial charge in [-0.25, -0.2) is 8.42 Å². The minimum atomic E-state index is -3.39. The van der Waals surface area contributed by atoms with Crippen molar-refractivity contribution in [3.05, 3.63) is 0 Å². The third kappa shape index (κ3) is 2.92. The Bertz CT molecular complexity index is 319. The first-order valence-corrected chi connectivity index (χ1v) is 6.69. The second-order valence-corrected chi connectivity index (χ2v) is 5.98. The Morgan fingerprint density at radius 1 is 1.40 bits per heavy atom. The quantitative estimate of drug-likeness (QED) is 0.759. The first-order valence-electron chi connectivity index (χ1n) is 5.19. The molecule has 15 heavy (non-hydrogen) atoms. The van der Waals surface area contributed by atoms with Gasteiger partial charge in [-0.15, -0.1) is 0 Å². The number of sulfonamides is 1. The molecule has 88 valence electrons. The van der Waals surface area contributed by atoms with Crippen LogP contribution in [0.15, 0.2) is 0 Å². The molecule has 6 heteroatoms. The summed E-state index contributed by atoms with van der Waals surface area (Å²) in [5.74, 6) is -1.10. The fourth-order valence-electron chi connectivity index (χ4n) is 1.93. The summed E-state index contributed by atoms with van der Waals surface area (Å²) in [6.07, 6.45) is 3.18. The first kappa shape index (κ1) is 12.4. The Hall–Kier alpha value is -0.620. The zero-order chi connectivity index (χ0) is 11.5. The molecule has 1 aliphatic rings. The lowest BCUT2D eigenvalue weighted by Gasteiger charge is -2.22. The van der Waals surface area contributed by atoms with E-state index < -0.39 is 22.5 Å². The Morgan fingerprint density at radius 2 is 1.93 bits per heavy atom. The van der Waals surface area contributed by atoms with Crippen LogP contribution in [0.5, 0.6) is 0 Å². The van der Waals surface area contributed by atoms with Gasteiger partial charge in [-0.05, 0) is 12.8 Å². The lowest BCUT2D eigenvalue weighted by Crippen LogP contribution is -2.40. The van der Waals surface area contributed by atoms with Gasteiger partial charge < -0.3 is 5.11 Å². The van der Waals surface area contributed by atoms with Crippen molar-refractivity contribution in [2.75, 3.05) is 13.1 Å². The highest BCUT2D eigenvalue weighted by Crippen LogP contribution is 2.26. The molecule has 1 N–H and O–H groups in total. The Kier molecular flexibility index (Phi) is 4.10. The minimum absolute atomic E-state index is 0.227. The molecule has 1 fully saturated rings. The highest BCUT2D eigenvalue weighted by Gasteiger charge is 2.34. The lowest BCUT2D eigenvalue weighted by atomic mass is 10.4. The molecule has 0 heterocycles. The number of rotatable bonds is 5. The van der Waals surface area contributed by atoms with E-state index in [9.17, 15) is 13.2 Å². The second-order valence-electron chi connectivity index (χ2n) is 3.77. The molecule has 0 saturated heterocycles.